The van der Waals surface area contributed by atoms with Gasteiger partial charge in [0.05, 0.1) is 0 Å². The predicted molar refractivity (Wildman–Crippen MR) is 62.8 cm³/mol. The van der Waals surface area contributed by atoms with Crippen molar-refractivity contribution < 1.29 is 0 Å². The molecule has 1 fully saturated rings. The summed E-state index contributed by atoms with van der Waals surface area (Å²) in [5.74, 6) is 0. The van der Waals surface area contributed by atoms with Gasteiger partial charge in [-0.05, 0) is 0 Å². The van der Waals surface area contributed by atoms with Crippen molar-refractivity contribution in [1.82, 2.24) is 10.2 Å². The Hall–Kier alpha value is 0.270. The molecule has 2 aliphatic heterocycles. The van der Waals surface area contributed by atoms with Gasteiger partial charge in [0.25, 0.3) is 0 Å². The van der Waals surface area contributed by atoms with Crippen LogP contribution in [0.1, 0.15) is 6.92 Å². The third-order valence-corrected chi connectivity index (χ3v) is 10.2. The van der Waals surface area contributed by atoms with Crippen molar-refractivity contribution in [2.24, 2.45) is 0 Å². The summed E-state index contributed by atoms with van der Waals surface area (Å²) in [7, 11) is 0. The van der Waals surface area contributed by atoms with Gasteiger partial charge in [-0.15, -0.1) is 0 Å². The Bertz CT molecular complexity index is 242. The molecule has 0 aromatic rings. The van der Waals surface area contributed by atoms with Crippen LogP contribution in [0.5, 0.6) is 0 Å². The number of nitrogens with one attached hydrogen (secondary N) is 1. The van der Waals surface area contributed by atoms with Crippen LogP contribution in [0.3, 0.4) is 0 Å². The molecule has 1 saturated heterocycles. The van der Waals surface area contributed by atoms with Gasteiger partial charge in [-0.25, -0.2) is 0 Å². The van der Waals surface area contributed by atoms with Crippen molar-refractivity contribution in [3.63, 3.8) is 0 Å². The fourth-order valence-electron chi connectivity index (χ4n) is 2.12. The number of rotatable bonds is 3. The van der Waals surface area contributed by atoms with Gasteiger partial charge >= 0.3 is 94.8 Å². The van der Waals surface area contributed by atoms with Gasteiger partial charge < -0.3 is 0 Å². The van der Waals surface area contributed by atoms with Crippen molar-refractivity contribution in [2.75, 3.05) is 32.7 Å². The van der Waals surface area contributed by atoms with E-state index in [0.29, 0.717) is 0 Å². The van der Waals surface area contributed by atoms with Crippen molar-refractivity contribution >= 4 is 21.4 Å². The van der Waals surface area contributed by atoms with E-state index < -0.39 is 21.4 Å². The molecule has 14 heavy (non-hydrogen) atoms. The Balaban J connectivity index is 1.82. The molecule has 1 N–H and O–H groups in total. The SMILES string of the molecule is C[CH2][In]1[CH]=CC(CN2CCNCC2)=[CH]1. The normalized spacial score (nSPS) is 22.9. The van der Waals surface area contributed by atoms with E-state index in [9.17, 15) is 0 Å². The molecule has 76 valence electrons. The molecule has 0 aromatic heterocycles. The molecule has 0 atom stereocenters. The minimum atomic E-state index is -1.23. The van der Waals surface area contributed by atoms with Crippen molar-refractivity contribution in [3.05, 3.63) is 19.3 Å². The summed E-state index contributed by atoms with van der Waals surface area (Å²) in [6, 6.07) is 0. The van der Waals surface area contributed by atoms with E-state index in [2.05, 4.69) is 30.9 Å². The molecule has 2 heterocycles. The van der Waals surface area contributed by atoms with Crippen LogP contribution in [0.15, 0.2) is 19.3 Å². The average molecular weight is 294 g/mol. The second-order valence-corrected chi connectivity index (χ2v) is 12.4. The summed E-state index contributed by atoms with van der Waals surface area (Å²) in [6.45, 7) is 8.31. The Kier molecular flexibility index (Phi) is 4.14. The van der Waals surface area contributed by atoms with E-state index in [-0.39, 0.29) is 0 Å². The Morgan fingerprint density at radius 2 is 2.21 bits per heavy atom. The first-order valence-corrected chi connectivity index (χ1v) is 11.8. The van der Waals surface area contributed by atoms with Crippen molar-refractivity contribution in [3.8, 4) is 0 Å². The number of piperazine rings is 1. The van der Waals surface area contributed by atoms with E-state index in [1.807, 2.05) is 0 Å². The standard InChI is InChI=1S/C9H14N2.C2H5.In/c1-3-9(2)8-11-6-4-10-5-7-11;1-2;/h1-3,10H,4-8H2;1H2,2H3;. The van der Waals surface area contributed by atoms with E-state index in [1.54, 1.807) is 5.57 Å². The van der Waals surface area contributed by atoms with Crippen LogP contribution >= 0.6 is 0 Å². The molecule has 2 nitrogen and oxygen atoms in total. The molecule has 0 radical (unpaired) electrons. The Morgan fingerprint density at radius 1 is 1.43 bits per heavy atom. The van der Waals surface area contributed by atoms with E-state index in [4.69, 9.17) is 0 Å². The molecule has 0 aliphatic carbocycles. The van der Waals surface area contributed by atoms with Gasteiger partial charge in [-0.2, -0.15) is 0 Å². The first-order valence-electron chi connectivity index (χ1n) is 5.70. The van der Waals surface area contributed by atoms with Crippen LogP contribution in [0.2, 0.25) is 4.18 Å². The number of hydrogen-bond donors (Lipinski definition) is 1. The second-order valence-electron chi connectivity index (χ2n) is 4.20. The third-order valence-electron chi connectivity index (χ3n) is 3.07. The molecule has 0 saturated carbocycles. The fourth-order valence-corrected chi connectivity index (χ4v) is 7.49. The van der Waals surface area contributed by atoms with Crippen LogP contribution in [-0.4, -0.2) is 59.1 Å². The minimum absolute atomic E-state index is 1.16. The monoisotopic (exact) mass is 294 g/mol. The van der Waals surface area contributed by atoms with Gasteiger partial charge in [0.15, 0.2) is 0 Å². The van der Waals surface area contributed by atoms with Crippen LogP contribution in [0.25, 0.3) is 0 Å². The Labute approximate surface area is 94.6 Å². The van der Waals surface area contributed by atoms with Crippen LogP contribution in [0.4, 0.5) is 0 Å². The molecule has 2 rings (SSSR count). The summed E-state index contributed by atoms with van der Waals surface area (Å²) in [5.41, 5.74) is 1.61. The molecule has 0 aromatic carbocycles. The number of nitrogens with zero attached hydrogens (tertiary/aromatic N) is 1. The summed E-state index contributed by atoms with van der Waals surface area (Å²) in [5, 5.41) is 3.39. The number of hydrogen-bond acceptors (Lipinski definition) is 2. The van der Waals surface area contributed by atoms with Gasteiger partial charge in [0.1, 0.15) is 0 Å². The predicted octanol–water partition coefficient (Wildman–Crippen LogP) is 0.981. The zero-order chi connectivity index (χ0) is 9.80. The Morgan fingerprint density at radius 3 is 2.86 bits per heavy atom. The first kappa shape index (κ1) is 10.8. The summed E-state index contributed by atoms with van der Waals surface area (Å²) in [6.07, 6.45) is 2.40. The molecular formula is C11H19InN2. The molecular weight excluding hydrogens is 275 g/mol. The van der Waals surface area contributed by atoms with Crippen LogP contribution in [-0.2, 0) is 0 Å². The quantitative estimate of drug-likeness (QED) is 0.835. The van der Waals surface area contributed by atoms with Crippen LogP contribution in [0, 0.1) is 0 Å². The van der Waals surface area contributed by atoms with Gasteiger partial charge in [-0.1, -0.05) is 0 Å². The summed E-state index contributed by atoms with van der Waals surface area (Å²) in [4.78, 5) is 2.57. The van der Waals surface area contributed by atoms with Gasteiger partial charge in [0.2, 0.25) is 0 Å². The van der Waals surface area contributed by atoms with E-state index >= 15 is 0 Å². The maximum atomic E-state index is 3.39. The summed E-state index contributed by atoms with van der Waals surface area (Å²) < 4.78 is 6.62. The average Bonchev–Trinajstić information content (AvgIpc) is 2.67. The second kappa shape index (κ2) is 5.38. The van der Waals surface area contributed by atoms with Crippen molar-refractivity contribution in [1.29, 1.82) is 0 Å². The van der Waals surface area contributed by atoms with Crippen LogP contribution < -0.4 is 5.32 Å². The van der Waals surface area contributed by atoms with E-state index in [1.165, 1.54) is 23.8 Å². The summed E-state index contributed by atoms with van der Waals surface area (Å²) >= 11 is -1.23. The van der Waals surface area contributed by atoms with E-state index in [0.717, 1.165) is 13.1 Å². The van der Waals surface area contributed by atoms with Crippen molar-refractivity contribution in [2.45, 2.75) is 11.1 Å². The van der Waals surface area contributed by atoms with Gasteiger partial charge in [-0.3, -0.25) is 0 Å². The molecule has 2 aliphatic rings. The third kappa shape index (κ3) is 2.88. The molecule has 3 heteroatoms. The zero-order valence-corrected chi connectivity index (χ0v) is 12.3. The molecule has 0 unspecified atom stereocenters. The molecule has 0 amide bonds. The first-order chi connectivity index (χ1) is 6.88. The van der Waals surface area contributed by atoms with Gasteiger partial charge in [0, 0.05) is 0 Å². The fraction of sp³-hybridized carbons (Fsp3) is 0.636. The zero-order valence-electron chi connectivity index (χ0n) is 9.00. The maximum absolute atomic E-state index is 3.39. The molecule has 0 bridgehead atoms. The molecule has 0 spiro atoms. The topological polar surface area (TPSA) is 15.3 Å².